The van der Waals surface area contributed by atoms with Gasteiger partial charge in [-0.1, -0.05) is 0 Å². The third-order valence-corrected chi connectivity index (χ3v) is 3.74. The van der Waals surface area contributed by atoms with Gasteiger partial charge in [0.05, 0.1) is 25.1 Å². The van der Waals surface area contributed by atoms with Gasteiger partial charge in [-0.2, -0.15) is 4.98 Å². The Hall–Kier alpha value is -2.54. The van der Waals surface area contributed by atoms with E-state index in [0.717, 1.165) is 32.0 Å². The highest BCUT2D eigenvalue weighted by Crippen LogP contribution is 2.22. The molecule has 0 bridgehead atoms. The summed E-state index contributed by atoms with van der Waals surface area (Å²) in [5.74, 6) is 1.17. The van der Waals surface area contributed by atoms with E-state index in [1.807, 2.05) is 26.0 Å². The van der Waals surface area contributed by atoms with Crippen LogP contribution in [-0.2, 0) is 4.74 Å². The molecule has 0 aliphatic carbocycles. The molecule has 1 aromatic carbocycles. The summed E-state index contributed by atoms with van der Waals surface area (Å²) < 4.78 is 5.39. The predicted molar refractivity (Wildman–Crippen MR) is 98.0 cm³/mol. The fourth-order valence-electron chi connectivity index (χ4n) is 2.55. The molecule has 24 heavy (non-hydrogen) atoms. The van der Waals surface area contributed by atoms with Crippen molar-refractivity contribution in [3.8, 4) is 0 Å². The maximum Gasteiger partial charge on any atom is 0.229 e. The van der Waals surface area contributed by atoms with E-state index in [9.17, 15) is 0 Å². The zero-order valence-corrected chi connectivity index (χ0v) is 14.1. The summed E-state index contributed by atoms with van der Waals surface area (Å²) in [5.41, 5.74) is 8.58. The fraction of sp³-hybridized carbons (Fsp3) is 0.412. The summed E-state index contributed by atoms with van der Waals surface area (Å²) in [6.45, 7) is 7.50. The molecule has 7 heteroatoms. The van der Waals surface area contributed by atoms with Gasteiger partial charge in [-0.25, -0.2) is 4.98 Å². The van der Waals surface area contributed by atoms with Gasteiger partial charge in [-0.15, -0.1) is 0 Å². The van der Waals surface area contributed by atoms with Crippen LogP contribution in [0.15, 0.2) is 30.5 Å². The topological polar surface area (TPSA) is 88.3 Å². The molecule has 7 nitrogen and oxygen atoms in total. The Morgan fingerprint density at radius 1 is 1.17 bits per heavy atom. The molecule has 0 spiro atoms. The van der Waals surface area contributed by atoms with Crippen molar-refractivity contribution in [1.82, 2.24) is 9.97 Å². The molecule has 2 heterocycles. The van der Waals surface area contributed by atoms with Crippen molar-refractivity contribution in [3.63, 3.8) is 0 Å². The van der Waals surface area contributed by atoms with E-state index in [1.165, 1.54) is 5.69 Å². The zero-order chi connectivity index (χ0) is 16.9. The Morgan fingerprint density at radius 2 is 1.88 bits per heavy atom. The van der Waals surface area contributed by atoms with Crippen LogP contribution in [0.1, 0.15) is 13.8 Å². The molecule has 1 fully saturated rings. The van der Waals surface area contributed by atoms with Crippen molar-refractivity contribution in [2.45, 2.75) is 19.9 Å². The molecule has 1 aliphatic heterocycles. The number of nitrogen functional groups attached to an aromatic ring is 1. The minimum atomic E-state index is 0.253. The molecule has 2 aromatic rings. The fourth-order valence-corrected chi connectivity index (χ4v) is 2.55. The van der Waals surface area contributed by atoms with Gasteiger partial charge < -0.3 is 26.0 Å². The SMILES string of the molecule is CC(C)Nc1nc(Nc2ccc(N3CCOCC3)cc2)ncc1N. The maximum atomic E-state index is 5.90. The van der Waals surface area contributed by atoms with Gasteiger partial charge in [0.1, 0.15) is 0 Å². The molecule has 1 aliphatic rings. The van der Waals surface area contributed by atoms with Gasteiger partial charge in [-0.05, 0) is 38.1 Å². The number of anilines is 5. The van der Waals surface area contributed by atoms with Crippen molar-refractivity contribution in [2.75, 3.05) is 47.6 Å². The summed E-state index contributed by atoms with van der Waals surface area (Å²) >= 11 is 0. The van der Waals surface area contributed by atoms with E-state index in [4.69, 9.17) is 10.5 Å². The second kappa shape index (κ2) is 7.35. The van der Waals surface area contributed by atoms with E-state index in [-0.39, 0.29) is 6.04 Å². The summed E-state index contributed by atoms with van der Waals surface area (Å²) in [7, 11) is 0. The molecule has 0 unspecified atom stereocenters. The number of benzene rings is 1. The van der Waals surface area contributed by atoms with Crippen LogP contribution in [0.4, 0.5) is 28.8 Å². The summed E-state index contributed by atoms with van der Waals surface area (Å²) in [4.78, 5) is 11.0. The van der Waals surface area contributed by atoms with Gasteiger partial charge in [0.2, 0.25) is 5.95 Å². The quantitative estimate of drug-likeness (QED) is 0.777. The summed E-state index contributed by atoms with van der Waals surface area (Å²) in [6.07, 6.45) is 1.61. The van der Waals surface area contributed by atoms with E-state index >= 15 is 0 Å². The zero-order valence-electron chi connectivity index (χ0n) is 14.1. The molecule has 0 saturated carbocycles. The number of hydrogen-bond donors (Lipinski definition) is 3. The van der Waals surface area contributed by atoms with Gasteiger partial charge >= 0.3 is 0 Å². The van der Waals surface area contributed by atoms with E-state index in [1.54, 1.807) is 6.20 Å². The molecule has 4 N–H and O–H groups in total. The third kappa shape index (κ3) is 4.05. The molecular weight excluding hydrogens is 304 g/mol. The van der Waals surface area contributed by atoms with E-state index in [0.29, 0.717) is 17.5 Å². The molecule has 0 atom stereocenters. The number of morpholine rings is 1. The van der Waals surface area contributed by atoms with Crippen LogP contribution in [0.2, 0.25) is 0 Å². The average Bonchev–Trinajstić information content (AvgIpc) is 2.59. The Kier molecular flexibility index (Phi) is 5.00. The number of ether oxygens (including phenoxy) is 1. The monoisotopic (exact) mass is 328 g/mol. The largest absolute Gasteiger partial charge is 0.394 e. The minimum absolute atomic E-state index is 0.253. The van der Waals surface area contributed by atoms with E-state index in [2.05, 4.69) is 37.6 Å². The van der Waals surface area contributed by atoms with Crippen molar-refractivity contribution >= 4 is 28.8 Å². The van der Waals surface area contributed by atoms with Crippen LogP contribution in [0, 0.1) is 0 Å². The molecule has 3 rings (SSSR count). The number of aromatic nitrogens is 2. The second-order valence-electron chi connectivity index (χ2n) is 6.07. The van der Waals surface area contributed by atoms with Gasteiger partial charge in [-0.3, -0.25) is 0 Å². The van der Waals surface area contributed by atoms with Crippen LogP contribution in [0.25, 0.3) is 0 Å². The highest BCUT2D eigenvalue weighted by atomic mass is 16.5. The first-order valence-corrected chi connectivity index (χ1v) is 8.20. The molecule has 0 radical (unpaired) electrons. The first-order chi connectivity index (χ1) is 11.6. The standard InChI is InChI=1S/C17H24N6O/c1-12(2)20-16-15(18)11-19-17(22-16)21-13-3-5-14(6-4-13)23-7-9-24-10-8-23/h3-6,11-12H,7-10,18H2,1-2H3,(H2,19,20,21,22). The Bertz CT molecular complexity index is 667. The first kappa shape index (κ1) is 16.3. The smallest absolute Gasteiger partial charge is 0.229 e. The molecule has 128 valence electrons. The second-order valence-corrected chi connectivity index (χ2v) is 6.07. The Morgan fingerprint density at radius 3 is 2.54 bits per heavy atom. The predicted octanol–water partition coefficient (Wildman–Crippen LogP) is 2.46. The minimum Gasteiger partial charge on any atom is -0.394 e. The van der Waals surface area contributed by atoms with Crippen molar-refractivity contribution in [3.05, 3.63) is 30.5 Å². The maximum absolute atomic E-state index is 5.90. The van der Waals surface area contributed by atoms with Crippen molar-refractivity contribution in [2.24, 2.45) is 0 Å². The highest BCUT2D eigenvalue weighted by Gasteiger charge is 2.11. The molecule has 0 amide bonds. The lowest BCUT2D eigenvalue weighted by molar-refractivity contribution is 0.122. The Labute approximate surface area is 142 Å². The lowest BCUT2D eigenvalue weighted by Gasteiger charge is -2.28. The summed E-state index contributed by atoms with van der Waals surface area (Å²) in [6, 6.07) is 8.50. The Balaban J connectivity index is 1.69. The van der Waals surface area contributed by atoms with Crippen LogP contribution in [0.3, 0.4) is 0 Å². The van der Waals surface area contributed by atoms with Gasteiger partial charge in [0, 0.05) is 30.5 Å². The third-order valence-electron chi connectivity index (χ3n) is 3.74. The van der Waals surface area contributed by atoms with Crippen molar-refractivity contribution in [1.29, 1.82) is 0 Å². The molecule has 1 saturated heterocycles. The number of nitrogens with one attached hydrogen (secondary N) is 2. The van der Waals surface area contributed by atoms with Crippen LogP contribution in [0.5, 0.6) is 0 Å². The number of nitrogens with zero attached hydrogens (tertiary/aromatic N) is 3. The highest BCUT2D eigenvalue weighted by molar-refractivity contribution is 5.65. The van der Waals surface area contributed by atoms with Crippen LogP contribution >= 0.6 is 0 Å². The summed E-state index contributed by atoms with van der Waals surface area (Å²) in [5, 5.41) is 6.43. The number of nitrogens with two attached hydrogens (primary N) is 1. The van der Waals surface area contributed by atoms with Crippen LogP contribution in [-0.4, -0.2) is 42.3 Å². The van der Waals surface area contributed by atoms with Gasteiger partial charge in [0.25, 0.3) is 0 Å². The normalized spacial score (nSPS) is 14.7. The average molecular weight is 328 g/mol. The number of hydrogen-bond acceptors (Lipinski definition) is 7. The molecule has 1 aromatic heterocycles. The lowest BCUT2D eigenvalue weighted by atomic mass is 10.2. The molecular formula is C17H24N6O. The lowest BCUT2D eigenvalue weighted by Crippen LogP contribution is -2.36. The van der Waals surface area contributed by atoms with E-state index < -0.39 is 0 Å². The number of rotatable bonds is 5. The first-order valence-electron chi connectivity index (χ1n) is 8.20. The van der Waals surface area contributed by atoms with Gasteiger partial charge in [0.15, 0.2) is 5.82 Å². The van der Waals surface area contributed by atoms with Crippen LogP contribution < -0.4 is 21.3 Å². The van der Waals surface area contributed by atoms with Crippen molar-refractivity contribution < 1.29 is 4.74 Å².